The monoisotopic (exact) mass is 404 g/mol. The average molecular weight is 405 g/mol. The summed E-state index contributed by atoms with van der Waals surface area (Å²) in [5.74, 6) is 0.144. The molecule has 1 amide bonds. The Morgan fingerprint density at radius 3 is 2.36 bits per heavy atom. The van der Waals surface area contributed by atoms with E-state index in [0.29, 0.717) is 0 Å². The highest BCUT2D eigenvalue weighted by Gasteiger charge is 2.26. The van der Waals surface area contributed by atoms with Gasteiger partial charge >= 0.3 is 0 Å². The van der Waals surface area contributed by atoms with E-state index < -0.39 is 0 Å². The summed E-state index contributed by atoms with van der Waals surface area (Å²) in [6.45, 7) is 10.3. The number of hydrogen-bond acceptors (Lipinski definition) is 3. The molecule has 0 spiro atoms. The highest BCUT2D eigenvalue weighted by Crippen LogP contribution is 2.19. The first-order valence-electron chi connectivity index (χ1n) is 8.72. The fourth-order valence-corrected chi connectivity index (χ4v) is 3.40. The Labute approximate surface area is 157 Å². The summed E-state index contributed by atoms with van der Waals surface area (Å²) < 4.78 is 2.69. The first-order chi connectivity index (χ1) is 11.9. The van der Waals surface area contributed by atoms with Crippen LogP contribution in [-0.4, -0.2) is 51.7 Å². The molecule has 1 aliphatic rings. The highest BCUT2D eigenvalue weighted by atomic mass is 79.9. The number of carbonyl (C=O) groups is 1. The van der Waals surface area contributed by atoms with Gasteiger partial charge in [0.15, 0.2) is 0 Å². The minimum absolute atomic E-state index is 0.144. The van der Waals surface area contributed by atoms with Crippen molar-refractivity contribution in [2.24, 2.45) is 0 Å². The average Bonchev–Trinajstić information content (AvgIpc) is 2.95. The molecule has 2 aromatic rings. The molecule has 0 unspecified atom stereocenters. The van der Waals surface area contributed by atoms with Gasteiger partial charge in [0.2, 0.25) is 5.91 Å². The zero-order valence-electron chi connectivity index (χ0n) is 15.1. The third-order valence-electron chi connectivity index (χ3n) is 4.82. The van der Waals surface area contributed by atoms with Gasteiger partial charge in [0.25, 0.3) is 0 Å². The van der Waals surface area contributed by atoms with E-state index >= 15 is 0 Å². The second-order valence-corrected chi connectivity index (χ2v) is 7.66. The molecular weight excluding hydrogens is 380 g/mol. The number of rotatable bonds is 4. The quantitative estimate of drug-likeness (QED) is 0.785. The van der Waals surface area contributed by atoms with Crippen LogP contribution in [0, 0.1) is 13.8 Å². The van der Waals surface area contributed by atoms with E-state index in [9.17, 15) is 4.79 Å². The molecule has 1 aromatic heterocycles. The topological polar surface area (TPSA) is 41.4 Å². The summed E-state index contributed by atoms with van der Waals surface area (Å²) in [4.78, 5) is 17.1. The van der Waals surface area contributed by atoms with E-state index in [4.69, 9.17) is 0 Å². The summed E-state index contributed by atoms with van der Waals surface area (Å²) in [6.07, 6.45) is 1.88. The van der Waals surface area contributed by atoms with Crippen LogP contribution in [0.25, 0.3) is 0 Å². The van der Waals surface area contributed by atoms with Crippen molar-refractivity contribution in [3.8, 4) is 0 Å². The van der Waals surface area contributed by atoms with E-state index in [2.05, 4.69) is 57.1 Å². The zero-order chi connectivity index (χ0) is 18.0. The molecule has 0 aliphatic carbocycles. The molecule has 5 nitrogen and oxygen atoms in total. The molecule has 6 heteroatoms. The van der Waals surface area contributed by atoms with Gasteiger partial charge in [-0.3, -0.25) is 14.4 Å². The van der Waals surface area contributed by atoms with Gasteiger partial charge in [-0.25, -0.2) is 0 Å². The molecule has 1 fully saturated rings. The first-order valence-corrected chi connectivity index (χ1v) is 9.51. The lowest BCUT2D eigenvalue weighted by Gasteiger charge is -2.36. The molecule has 1 saturated heterocycles. The minimum Gasteiger partial charge on any atom is -0.338 e. The van der Waals surface area contributed by atoms with Crippen LogP contribution in [-0.2, 0) is 11.3 Å². The maximum Gasteiger partial charge on any atom is 0.247 e. The van der Waals surface area contributed by atoms with E-state index in [1.807, 2.05) is 24.9 Å². The van der Waals surface area contributed by atoms with E-state index in [1.54, 1.807) is 4.68 Å². The number of hydrogen-bond donors (Lipinski definition) is 0. The molecule has 0 saturated carbocycles. The Morgan fingerprint density at radius 1 is 1.16 bits per heavy atom. The van der Waals surface area contributed by atoms with Gasteiger partial charge in [-0.2, -0.15) is 5.10 Å². The number of halogens is 1. The molecule has 1 aromatic carbocycles. The largest absolute Gasteiger partial charge is 0.338 e. The predicted molar refractivity (Wildman–Crippen MR) is 102 cm³/mol. The predicted octanol–water partition coefficient (Wildman–Crippen LogP) is 3.17. The molecular formula is C19H25BrN4O. The summed E-state index contributed by atoms with van der Waals surface area (Å²) in [7, 11) is 0. The fourth-order valence-electron chi connectivity index (χ4n) is 3.11. The van der Waals surface area contributed by atoms with Crippen molar-refractivity contribution in [3.05, 3.63) is 51.8 Å². The van der Waals surface area contributed by atoms with Crippen molar-refractivity contribution >= 4 is 21.8 Å². The van der Waals surface area contributed by atoms with E-state index in [1.165, 1.54) is 11.1 Å². The zero-order valence-corrected chi connectivity index (χ0v) is 16.7. The van der Waals surface area contributed by atoms with Crippen molar-refractivity contribution in [2.45, 2.75) is 33.4 Å². The number of carbonyl (C=O) groups excluding carboxylic acids is 1. The lowest BCUT2D eigenvalue weighted by molar-refractivity contribution is -0.136. The molecule has 3 rings (SSSR count). The van der Waals surface area contributed by atoms with Crippen LogP contribution < -0.4 is 0 Å². The normalized spacial score (nSPS) is 16.9. The number of nitrogens with zero attached hydrogens (tertiary/aromatic N) is 4. The number of amides is 1. The van der Waals surface area contributed by atoms with Gasteiger partial charge < -0.3 is 4.90 Å². The SMILES string of the molecule is Cc1ccc(CN2CCN(C(=O)[C@H](C)n3cc(Br)c(C)n3)CC2)cc1. The summed E-state index contributed by atoms with van der Waals surface area (Å²) >= 11 is 3.46. The number of piperazine rings is 1. The Balaban J connectivity index is 1.54. The summed E-state index contributed by atoms with van der Waals surface area (Å²) in [5, 5.41) is 4.42. The Kier molecular flexibility index (Phi) is 5.59. The number of aromatic nitrogens is 2. The van der Waals surface area contributed by atoms with Crippen LogP contribution in [0.4, 0.5) is 0 Å². The van der Waals surface area contributed by atoms with Crippen LogP contribution in [0.1, 0.15) is 29.8 Å². The van der Waals surface area contributed by atoms with Gasteiger partial charge in [-0.05, 0) is 42.3 Å². The minimum atomic E-state index is -0.270. The van der Waals surface area contributed by atoms with Gasteiger partial charge in [0.05, 0.1) is 10.2 Å². The summed E-state index contributed by atoms with van der Waals surface area (Å²) in [5.41, 5.74) is 3.52. The molecule has 1 aliphatic heterocycles. The highest BCUT2D eigenvalue weighted by molar-refractivity contribution is 9.10. The molecule has 134 valence electrons. The number of aryl methyl sites for hydroxylation is 2. The first kappa shape index (κ1) is 18.1. The molecule has 2 heterocycles. The van der Waals surface area contributed by atoms with Crippen LogP contribution in [0.5, 0.6) is 0 Å². The lowest BCUT2D eigenvalue weighted by atomic mass is 10.1. The van der Waals surface area contributed by atoms with Crippen molar-refractivity contribution in [2.75, 3.05) is 26.2 Å². The standard InChI is InChI=1S/C19H25BrN4O/c1-14-4-6-17(7-5-14)12-22-8-10-23(11-9-22)19(25)16(3)24-13-18(20)15(2)21-24/h4-7,13,16H,8-12H2,1-3H3/t16-/m0/s1. The Morgan fingerprint density at radius 2 is 1.80 bits per heavy atom. The second kappa shape index (κ2) is 7.70. The Hall–Kier alpha value is -1.66. The van der Waals surface area contributed by atoms with Crippen LogP contribution >= 0.6 is 15.9 Å². The molecule has 0 N–H and O–H groups in total. The van der Waals surface area contributed by atoms with Crippen LogP contribution in [0.3, 0.4) is 0 Å². The van der Waals surface area contributed by atoms with E-state index in [0.717, 1.165) is 42.9 Å². The van der Waals surface area contributed by atoms with Crippen LogP contribution in [0.2, 0.25) is 0 Å². The third kappa shape index (κ3) is 4.30. The maximum atomic E-state index is 12.8. The van der Waals surface area contributed by atoms with Gasteiger partial charge in [-0.15, -0.1) is 0 Å². The van der Waals surface area contributed by atoms with Crippen molar-refractivity contribution in [1.82, 2.24) is 19.6 Å². The van der Waals surface area contributed by atoms with E-state index in [-0.39, 0.29) is 11.9 Å². The van der Waals surface area contributed by atoms with Crippen molar-refractivity contribution in [1.29, 1.82) is 0 Å². The number of benzene rings is 1. The fraction of sp³-hybridized carbons (Fsp3) is 0.474. The molecule has 0 bridgehead atoms. The van der Waals surface area contributed by atoms with Gasteiger partial charge in [0.1, 0.15) is 6.04 Å². The molecule has 25 heavy (non-hydrogen) atoms. The molecule has 1 atom stereocenters. The lowest BCUT2D eigenvalue weighted by Crippen LogP contribution is -2.49. The van der Waals surface area contributed by atoms with Crippen LogP contribution in [0.15, 0.2) is 34.9 Å². The van der Waals surface area contributed by atoms with Gasteiger partial charge in [-0.1, -0.05) is 29.8 Å². The Bertz CT molecular complexity index is 713. The second-order valence-electron chi connectivity index (χ2n) is 6.81. The van der Waals surface area contributed by atoms with Crippen molar-refractivity contribution < 1.29 is 4.79 Å². The smallest absolute Gasteiger partial charge is 0.247 e. The van der Waals surface area contributed by atoms with Crippen molar-refractivity contribution in [3.63, 3.8) is 0 Å². The van der Waals surface area contributed by atoms with Gasteiger partial charge in [0, 0.05) is 38.9 Å². The molecule has 0 radical (unpaired) electrons. The third-order valence-corrected chi connectivity index (χ3v) is 5.60. The maximum absolute atomic E-state index is 12.8. The summed E-state index contributed by atoms with van der Waals surface area (Å²) in [6, 6.07) is 8.41.